The van der Waals surface area contributed by atoms with Crippen LogP contribution < -0.4 is 18.9 Å². The molecule has 3 aromatic rings. The van der Waals surface area contributed by atoms with E-state index in [0.29, 0.717) is 36.2 Å². The van der Waals surface area contributed by atoms with Crippen molar-refractivity contribution in [2.45, 2.75) is 13.0 Å². The Morgan fingerprint density at radius 2 is 1.41 bits per heavy atom. The molecular formula is C26H27NO4S. The Balaban J connectivity index is 1.37. The second-order valence-corrected chi connectivity index (χ2v) is 7.85. The van der Waals surface area contributed by atoms with E-state index in [2.05, 4.69) is 29.2 Å². The van der Waals surface area contributed by atoms with E-state index >= 15 is 0 Å². The third kappa shape index (κ3) is 4.97. The highest BCUT2D eigenvalue weighted by molar-refractivity contribution is 7.80. The molecule has 32 heavy (non-hydrogen) atoms. The zero-order valence-electron chi connectivity index (χ0n) is 18.4. The number of fused-ring (bicyclic) bond motifs is 1. The van der Waals surface area contributed by atoms with Gasteiger partial charge in [0, 0.05) is 18.7 Å². The smallest absolute Gasteiger partial charge is 0.161 e. The molecule has 0 N–H and O–H groups in total. The fourth-order valence-electron chi connectivity index (χ4n) is 3.81. The van der Waals surface area contributed by atoms with Gasteiger partial charge >= 0.3 is 0 Å². The molecule has 0 saturated heterocycles. The molecule has 1 heterocycles. The lowest BCUT2D eigenvalue weighted by molar-refractivity contribution is 0.206. The summed E-state index contributed by atoms with van der Waals surface area (Å²) in [6.45, 7) is 2.50. The second-order valence-electron chi connectivity index (χ2n) is 7.46. The summed E-state index contributed by atoms with van der Waals surface area (Å²) in [5.74, 6) is 2.70. The second kappa shape index (κ2) is 10.4. The molecular weight excluding hydrogens is 422 g/mol. The molecule has 1 aliphatic heterocycles. The first kappa shape index (κ1) is 22.0. The SMILES string of the molecule is COc1ccccc1OCCOc1ccc(C(=S)N2CCc3ccccc3C2)cc1OC. The van der Waals surface area contributed by atoms with Crippen molar-refractivity contribution in [3.8, 4) is 23.0 Å². The Kier molecular flexibility index (Phi) is 7.12. The monoisotopic (exact) mass is 449 g/mol. The molecule has 5 nitrogen and oxygen atoms in total. The number of para-hydroxylation sites is 2. The van der Waals surface area contributed by atoms with Crippen molar-refractivity contribution in [1.82, 2.24) is 4.90 Å². The van der Waals surface area contributed by atoms with Gasteiger partial charge in [0.2, 0.25) is 0 Å². The number of nitrogens with zero attached hydrogens (tertiary/aromatic N) is 1. The predicted octanol–water partition coefficient (Wildman–Crippen LogP) is 4.90. The van der Waals surface area contributed by atoms with Crippen molar-refractivity contribution in [3.63, 3.8) is 0 Å². The van der Waals surface area contributed by atoms with Crippen molar-refractivity contribution in [2.75, 3.05) is 34.0 Å². The normalized spacial score (nSPS) is 12.6. The van der Waals surface area contributed by atoms with E-state index in [9.17, 15) is 0 Å². The van der Waals surface area contributed by atoms with Gasteiger partial charge in [-0.1, -0.05) is 48.6 Å². The van der Waals surface area contributed by atoms with Crippen molar-refractivity contribution in [1.29, 1.82) is 0 Å². The molecule has 1 aliphatic rings. The number of hydrogen-bond acceptors (Lipinski definition) is 5. The Morgan fingerprint density at radius 1 is 0.781 bits per heavy atom. The minimum Gasteiger partial charge on any atom is -0.493 e. The molecule has 0 aromatic heterocycles. The van der Waals surface area contributed by atoms with E-state index in [-0.39, 0.29) is 0 Å². The molecule has 0 amide bonds. The highest BCUT2D eigenvalue weighted by atomic mass is 32.1. The maximum absolute atomic E-state index is 5.90. The van der Waals surface area contributed by atoms with E-state index in [1.54, 1.807) is 14.2 Å². The van der Waals surface area contributed by atoms with Crippen LogP contribution in [0.1, 0.15) is 16.7 Å². The summed E-state index contributed by atoms with van der Waals surface area (Å²) in [5, 5.41) is 0. The Labute approximate surface area is 194 Å². The third-order valence-corrected chi connectivity index (χ3v) is 5.99. The molecule has 3 aromatic carbocycles. The zero-order chi connectivity index (χ0) is 22.3. The van der Waals surface area contributed by atoms with Gasteiger partial charge in [-0.05, 0) is 47.9 Å². The fraction of sp³-hybridized carbons (Fsp3) is 0.269. The Morgan fingerprint density at radius 3 is 2.12 bits per heavy atom. The van der Waals surface area contributed by atoms with Crippen LogP contribution in [0.4, 0.5) is 0 Å². The summed E-state index contributed by atoms with van der Waals surface area (Å²) in [7, 11) is 3.26. The molecule has 0 radical (unpaired) electrons. The minimum atomic E-state index is 0.376. The van der Waals surface area contributed by atoms with Crippen LogP contribution in [0.3, 0.4) is 0 Å². The van der Waals surface area contributed by atoms with Crippen molar-refractivity contribution >= 4 is 17.2 Å². The molecule has 0 spiro atoms. The van der Waals surface area contributed by atoms with E-state index in [0.717, 1.165) is 30.1 Å². The van der Waals surface area contributed by atoms with E-state index < -0.39 is 0 Å². The number of methoxy groups -OCH3 is 2. The predicted molar refractivity (Wildman–Crippen MR) is 129 cm³/mol. The first-order chi connectivity index (χ1) is 15.7. The average Bonchev–Trinajstić information content (AvgIpc) is 2.86. The number of benzene rings is 3. The van der Waals surface area contributed by atoms with Gasteiger partial charge in [0.1, 0.15) is 18.2 Å². The Bertz CT molecular complexity index is 1080. The first-order valence-corrected chi connectivity index (χ1v) is 11.0. The molecule has 0 aliphatic carbocycles. The highest BCUT2D eigenvalue weighted by Crippen LogP contribution is 2.30. The molecule has 166 valence electrons. The van der Waals surface area contributed by atoms with Gasteiger partial charge in [-0.25, -0.2) is 0 Å². The van der Waals surface area contributed by atoms with Crippen LogP contribution in [0.25, 0.3) is 0 Å². The molecule has 6 heteroatoms. The molecule has 4 rings (SSSR count). The van der Waals surface area contributed by atoms with Crippen LogP contribution in [0.5, 0.6) is 23.0 Å². The highest BCUT2D eigenvalue weighted by Gasteiger charge is 2.20. The van der Waals surface area contributed by atoms with E-state index in [1.165, 1.54) is 11.1 Å². The van der Waals surface area contributed by atoms with Crippen LogP contribution in [0, 0.1) is 0 Å². The Hall–Kier alpha value is -3.25. The van der Waals surface area contributed by atoms with Gasteiger partial charge in [0.15, 0.2) is 23.0 Å². The van der Waals surface area contributed by atoms with Crippen molar-refractivity contribution < 1.29 is 18.9 Å². The maximum Gasteiger partial charge on any atom is 0.161 e. The zero-order valence-corrected chi connectivity index (χ0v) is 19.2. The van der Waals surface area contributed by atoms with Crippen LogP contribution in [0.2, 0.25) is 0 Å². The summed E-state index contributed by atoms with van der Waals surface area (Å²) in [6.07, 6.45) is 1.00. The van der Waals surface area contributed by atoms with Crippen molar-refractivity contribution in [2.24, 2.45) is 0 Å². The van der Waals surface area contributed by atoms with Gasteiger partial charge in [0.05, 0.1) is 14.2 Å². The average molecular weight is 450 g/mol. The van der Waals surface area contributed by atoms with Crippen LogP contribution in [-0.4, -0.2) is 43.9 Å². The summed E-state index contributed by atoms with van der Waals surface area (Å²) in [6, 6.07) is 21.9. The number of ether oxygens (including phenoxy) is 4. The maximum atomic E-state index is 5.90. The summed E-state index contributed by atoms with van der Waals surface area (Å²) >= 11 is 5.80. The standard InChI is InChI=1S/C26H27NO4S/c1-28-22-9-5-6-10-23(22)30-15-16-31-24-12-11-20(17-25(24)29-2)26(32)27-14-13-19-7-3-4-8-21(19)18-27/h3-12,17H,13-16,18H2,1-2H3. The van der Waals surface area contributed by atoms with Gasteiger partial charge in [-0.15, -0.1) is 0 Å². The number of hydrogen-bond donors (Lipinski definition) is 0. The lowest BCUT2D eigenvalue weighted by Crippen LogP contribution is -2.35. The lowest BCUT2D eigenvalue weighted by Gasteiger charge is -2.31. The van der Waals surface area contributed by atoms with Crippen molar-refractivity contribution in [3.05, 3.63) is 83.4 Å². The first-order valence-electron chi connectivity index (χ1n) is 10.6. The number of thiocarbonyl (C=S) groups is 1. The van der Waals surface area contributed by atoms with E-state index in [4.69, 9.17) is 31.2 Å². The van der Waals surface area contributed by atoms with E-state index in [1.807, 2.05) is 42.5 Å². The minimum absolute atomic E-state index is 0.376. The van der Waals surface area contributed by atoms with Crippen LogP contribution in [0.15, 0.2) is 66.7 Å². The van der Waals surface area contributed by atoms with Gasteiger partial charge in [0.25, 0.3) is 0 Å². The third-order valence-electron chi connectivity index (χ3n) is 5.50. The molecule has 0 bridgehead atoms. The van der Waals surface area contributed by atoms with Crippen LogP contribution >= 0.6 is 12.2 Å². The summed E-state index contributed by atoms with van der Waals surface area (Å²) in [5.41, 5.74) is 3.69. The van der Waals surface area contributed by atoms with Gasteiger partial charge in [-0.3, -0.25) is 0 Å². The fourth-order valence-corrected chi connectivity index (χ4v) is 4.10. The summed E-state index contributed by atoms with van der Waals surface area (Å²) < 4.78 is 22.5. The molecule has 0 fully saturated rings. The number of rotatable bonds is 8. The molecule has 0 unspecified atom stereocenters. The topological polar surface area (TPSA) is 40.2 Å². The largest absolute Gasteiger partial charge is 0.493 e. The van der Waals surface area contributed by atoms with Gasteiger partial charge < -0.3 is 23.8 Å². The molecule has 0 saturated carbocycles. The summed E-state index contributed by atoms with van der Waals surface area (Å²) in [4.78, 5) is 3.07. The quantitative estimate of drug-likeness (QED) is 0.360. The van der Waals surface area contributed by atoms with Gasteiger partial charge in [-0.2, -0.15) is 0 Å². The van der Waals surface area contributed by atoms with Crippen LogP contribution in [-0.2, 0) is 13.0 Å². The molecule has 0 atom stereocenters. The lowest BCUT2D eigenvalue weighted by atomic mass is 9.99.